The first kappa shape index (κ1) is 15.4. The van der Waals surface area contributed by atoms with Crippen LogP contribution < -0.4 is 5.32 Å². The second-order valence-corrected chi connectivity index (χ2v) is 7.51. The van der Waals surface area contributed by atoms with Crippen molar-refractivity contribution in [1.82, 2.24) is 15.2 Å². The number of thiophene rings is 1. The van der Waals surface area contributed by atoms with Crippen LogP contribution in [0.4, 0.5) is 4.79 Å². The predicted octanol–water partition coefficient (Wildman–Crippen LogP) is 3.40. The van der Waals surface area contributed by atoms with E-state index in [9.17, 15) is 9.59 Å². The highest BCUT2D eigenvalue weighted by Crippen LogP contribution is 2.38. The van der Waals surface area contributed by atoms with Crippen LogP contribution in [0.5, 0.6) is 0 Å². The van der Waals surface area contributed by atoms with Crippen LogP contribution in [0, 0.1) is 5.92 Å². The smallest absolute Gasteiger partial charge is 0.325 e. The summed E-state index contributed by atoms with van der Waals surface area (Å²) < 4.78 is 5.48. The van der Waals surface area contributed by atoms with Gasteiger partial charge < -0.3 is 9.73 Å². The molecule has 1 saturated heterocycles. The molecule has 0 unspecified atom stereocenters. The van der Waals surface area contributed by atoms with E-state index in [0.717, 1.165) is 24.1 Å². The molecule has 2 aromatic rings. The number of hydrogen-bond donors (Lipinski definition) is 1. The lowest BCUT2D eigenvalue weighted by Crippen LogP contribution is -2.53. The first-order valence-electron chi connectivity index (χ1n) is 8.22. The fourth-order valence-electron chi connectivity index (χ4n) is 3.69. The summed E-state index contributed by atoms with van der Waals surface area (Å²) in [5, 5.41) is 4.90. The Morgan fingerprint density at radius 1 is 1.46 bits per heavy atom. The van der Waals surface area contributed by atoms with E-state index in [1.165, 1.54) is 22.5 Å². The maximum absolute atomic E-state index is 12.9. The monoisotopic (exact) mass is 345 g/mol. The first-order chi connectivity index (χ1) is 11.6. The molecule has 0 bridgehead atoms. The number of amides is 3. The number of nitrogens with one attached hydrogen (secondary N) is 1. The number of hydrogen-bond acceptors (Lipinski definition) is 5. The molecular weight excluding hydrogens is 326 g/mol. The zero-order valence-electron chi connectivity index (χ0n) is 13.4. The van der Waals surface area contributed by atoms with Gasteiger partial charge in [-0.05, 0) is 30.2 Å². The maximum Gasteiger partial charge on any atom is 0.325 e. The van der Waals surface area contributed by atoms with Crippen LogP contribution in [0.3, 0.4) is 0 Å². The average Bonchev–Trinajstić information content (AvgIpc) is 3.28. The third-order valence-electron chi connectivity index (χ3n) is 5.11. The maximum atomic E-state index is 12.9. The molecule has 3 heterocycles. The van der Waals surface area contributed by atoms with Gasteiger partial charge in [-0.3, -0.25) is 9.69 Å². The largest absolute Gasteiger partial charge is 0.443 e. The van der Waals surface area contributed by atoms with Gasteiger partial charge >= 0.3 is 6.03 Å². The highest BCUT2D eigenvalue weighted by molar-refractivity contribution is 7.13. The molecule has 2 aromatic heterocycles. The van der Waals surface area contributed by atoms with Gasteiger partial charge in [-0.2, -0.15) is 0 Å². The van der Waals surface area contributed by atoms with E-state index in [2.05, 4.69) is 10.3 Å². The highest BCUT2D eigenvalue weighted by atomic mass is 32.1. The number of rotatable bonds is 3. The fourth-order valence-corrected chi connectivity index (χ4v) is 4.35. The van der Waals surface area contributed by atoms with E-state index >= 15 is 0 Å². The van der Waals surface area contributed by atoms with Crippen LogP contribution >= 0.6 is 11.3 Å². The second-order valence-electron chi connectivity index (χ2n) is 6.56. The van der Waals surface area contributed by atoms with Crippen LogP contribution in [-0.4, -0.2) is 27.4 Å². The van der Waals surface area contributed by atoms with Gasteiger partial charge in [0, 0.05) is 0 Å². The molecule has 0 radical (unpaired) electrons. The minimum absolute atomic E-state index is 0.125. The minimum Gasteiger partial charge on any atom is -0.443 e. The number of nitrogens with zero attached hydrogens (tertiary/aromatic N) is 2. The summed E-state index contributed by atoms with van der Waals surface area (Å²) in [7, 11) is 0. The van der Waals surface area contributed by atoms with E-state index in [4.69, 9.17) is 4.42 Å². The van der Waals surface area contributed by atoms with Crippen LogP contribution in [-0.2, 0) is 11.3 Å². The molecule has 4 rings (SSSR count). The van der Waals surface area contributed by atoms with Crippen molar-refractivity contribution in [2.75, 3.05) is 0 Å². The molecule has 3 amide bonds. The number of carbonyl (C=O) groups is 2. The third kappa shape index (κ3) is 2.34. The Labute approximate surface area is 143 Å². The van der Waals surface area contributed by atoms with Gasteiger partial charge in [0.1, 0.15) is 11.8 Å². The van der Waals surface area contributed by atoms with Crippen LogP contribution in [0.25, 0.3) is 10.8 Å². The number of aromatic nitrogens is 1. The summed E-state index contributed by atoms with van der Waals surface area (Å²) in [6, 6.07) is 3.52. The standard InChI is InChI=1S/C17H19N3O3S/c1-11-5-2-3-7-17(11)15(21)20(16(22)19-17)9-12-10-23-14(18-12)13-6-4-8-24-13/h4,6,8,10-11H,2-3,5,7,9H2,1H3,(H,19,22)/t11-,17+/m0/s1. The van der Waals surface area contributed by atoms with Crippen molar-refractivity contribution in [3.63, 3.8) is 0 Å². The molecule has 2 fully saturated rings. The lowest BCUT2D eigenvalue weighted by Gasteiger charge is -2.36. The molecule has 7 heteroatoms. The molecular formula is C17H19N3O3S. The lowest BCUT2D eigenvalue weighted by molar-refractivity contribution is -0.134. The van der Waals surface area contributed by atoms with Crippen LogP contribution in [0.1, 0.15) is 38.3 Å². The Hall–Kier alpha value is -2.15. The topological polar surface area (TPSA) is 75.4 Å². The van der Waals surface area contributed by atoms with Crippen molar-refractivity contribution in [3.05, 3.63) is 29.5 Å². The molecule has 0 aromatic carbocycles. The average molecular weight is 345 g/mol. The number of carbonyl (C=O) groups excluding carboxylic acids is 2. The molecule has 126 valence electrons. The molecule has 1 spiro atoms. The summed E-state index contributed by atoms with van der Waals surface area (Å²) in [4.78, 5) is 31.9. The predicted molar refractivity (Wildman–Crippen MR) is 89.3 cm³/mol. The second kappa shape index (κ2) is 5.73. The summed E-state index contributed by atoms with van der Waals surface area (Å²) in [5.74, 6) is 0.555. The van der Waals surface area contributed by atoms with E-state index < -0.39 is 5.54 Å². The van der Waals surface area contributed by atoms with Crippen LogP contribution in [0.2, 0.25) is 0 Å². The van der Waals surface area contributed by atoms with Gasteiger partial charge in [0.15, 0.2) is 0 Å². The van der Waals surface area contributed by atoms with Gasteiger partial charge in [-0.15, -0.1) is 11.3 Å². The Morgan fingerprint density at radius 2 is 2.33 bits per heavy atom. The molecule has 6 nitrogen and oxygen atoms in total. The highest BCUT2D eigenvalue weighted by Gasteiger charge is 2.54. The minimum atomic E-state index is -0.727. The zero-order valence-corrected chi connectivity index (χ0v) is 14.3. The molecule has 2 aliphatic rings. The molecule has 1 N–H and O–H groups in total. The SMILES string of the molecule is C[C@H]1CCCC[C@@]12NC(=O)N(Cc1coc(-c3cccs3)n1)C2=O. The van der Waals surface area contributed by atoms with E-state index in [-0.39, 0.29) is 24.4 Å². The number of urea groups is 1. The molecule has 24 heavy (non-hydrogen) atoms. The fraction of sp³-hybridized carbons (Fsp3) is 0.471. The van der Waals surface area contributed by atoms with Crippen molar-refractivity contribution in [1.29, 1.82) is 0 Å². The van der Waals surface area contributed by atoms with Gasteiger partial charge in [-0.25, -0.2) is 9.78 Å². The van der Waals surface area contributed by atoms with Crippen LogP contribution in [0.15, 0.2) is 28.2 Å². The van der Waals surface area contributed by atoms with E-state index in [1.807, 2.05) is 24.4 Å². The molecule has 2 atom stereocenters. The van der Waals surface area contributed by atoms with Crippen molar-refractivity contribution in [2.45, 2.75) is 44.7 Å². The van der Waals surface area contributed by atoms with Crippen molar-refractivity contribution in [3.8, 4) is 10.8 Å². The summed E-state index contributed by atoms with van der Waals surface area (Å²) in [5.41, 5.74) is -0.141. The number of imide groups is 1. The molecule has 1 saturated carbocycles. The van der Waals surface area contributed by atoms with Gasteiger partial charge in [0.05, 0.1) is 17.1 Å². The zero-order chi connectivity index (χ0) is 16.7. The Kier molecular flexibility index (Phi) is 3.68. The normalized spacial score (nSPS) is 27.0. The van der Waals surface area contributed by atoms with Crippen molar-refractivity contribution < 1.29 is 14.0 Å². The quantitative estimate of drug-likeness (QED) is 0.865. The van der Waals surface area contributed by atoms with E-state index in [1.54, 1.807) is 0 Å². The summed E-state index contributed by atoms with van der Waals surface area (Å²) in [6.07, 6.45) is 5.28. The Bertz CT molecular complexity index is 770. The number of oxazole rings is 1. The van der Waals surface area contributed by atoms with E-state index in [0.29, 0.717) is 18.0 Å². The van der Waals surface area contributed by atoms with Gasteiger partial charge in [-0.1, -0.05) is 25.8 Å². The lowest BCUT2D eigenvalue weighted by atomic mass is 9.73. The van der Waals surface area contributed by atoms with Gasteiger partial charge in [0.2, 0.25) is 5.89 Å². The summed E-state index contributed by atoms with van der Waals surface area (Å²) in [6.45, 7) is 2.19. The third-order valence-corrected chi connectivity index (χ3v) is 5.96. The first-order valence-corrected chi connectivity index (χ1v) is 9.10. The Balaban J connectivity index is 1.55. The van der Waals surface area contributed by atoms with Gasteiger partial charge in [0.25, 0.3) is 5.91 Å². The van der Waals surface area contributed by atoms with Crippen molar-refractivity contribution in [2.24, 2.45) is 5.92 Å². The molecule has 1 aliphatic heterocycles. The Morgan fingerprint density at radius 3 is 3.08 bits per heavy atom. The molecule has 1 aliphatic carbocycles. The summed E-state index contributed by atoms with van der Waals surface area (Å²) >= 11 is 1.53. The van der Waals surface area contributed by atoms with Crippen molar-refractivity contribution >= 4 is 23.3 Å².